The van der Waals surface area contributed by atoms with E-state index in [0.717, 1.165) is 0 Å². The number of hydrogen-bond acceptors (Lipinski definition) is 5. The van der Waals surface area contributed by atoms with E-state index in [1.807, 2.05) is 0 Å². The van der Waals surface area contributed by atoms with E-state index in [4.69, 9.17) is 14.7 Å². The Labute approximate surface area is 123 Å². The Morgan fingerprint density at radius 1 is 1.29 bits per heavy atom. The Bertz CT molecular complexity index is 549. The summed E-state index contributed by atoms with van der Waals surface area (Å²) in [5, 5.41) is 9.16. The lowest BCUT2D eigenvalue weighted by atomic mass is 10.1. The summed E-state index contributed by atoms with van der Waals surface area (Å²) in [6, 6.07) is 10.7. The Hall–Kier alpha value is -2.35. The molecule has 21 heavy (non-hydrogen) atoms. The van der Waals surface area contributed by atoms with Crippen LogP contribution in [0.25, 0.3) is 0 Å². The second-order valence-electron chi connectivity index (χ2n) is 4.97. The summed E-state index contributed by atoms with van der Waals surface area (Å²) in [7, 11) is 0. The molecule has 0 radical (unpaired) electrons. The van der Waals surface area contributed by atoms with Gasteiger partial charge in [0.1, 0.15) is 6.10 Å². The van der Waals surface area contributed by atoms with E-state index in [1.54, 1.807) is 37.3 Å². The number of benzene rings is 1. The predicted octanol–water partition coefficient (Wildman–Crippen LogP) is 2.32. The summed E-state index contributed by atoms with van der Waals surface area (Å²) in [4.78, 5) is 23.8. The van der Waals surface area contributed by atoms with Crippen LogP contribution < -0.4 is 0 Å². The quantitative estimate of drug-likeness (QED) is 0.794. The van der Waals surface area contributed by atoms with Gasteiger partial charge in [-0.2, -0.15) is 5.26 Å². The highest BCUT2D eigenvalue weighted by Crippen LogP contribution is 2.34. The smallest absolute Gasteiger partial charge is 0.338 e. The highest BCUT2D eigenvalue weighted by atomic mass is 16.5. The molecule has 3 atom stereocenters. The number of nitrogens with zero attached hydrogens (tertiary/aromatic N) is 1. The number of rotatable bonds is 4. The van der Waals surface area contributed by atoms with Gasteiger partial charge in [0.2, 0.25) is 0 Å². The fraction of sp³-hybridized carbons (Fsp3) is 0.438. The van der Waals surface area contributed by atoms with E-state index < -0.39 is 18.0 Å². The first-order valence-corrected chi connectivity index (χ1v) is 6.98. The van der Waals surface area contributed by atoms with Crippen LogP contribution in [0.1, 0.15) is 30.1 Å². The molecule has 5 heteroatoms. The van der Waals surface area contributed by atoms with Crippen LogP contribution in [0, 0.1) is 23.2 Å². The molecule has 0 bridgehead atoms. The van der Waals surface area contributed by atoms with Gasteiger partial charge in [0, 0.05) is 0 Å². The third-order valence-electron chi connectivity index (χ3n) is 3.56. The van der Waals surface area contributed by atoms with E-state index >= 15 is 0 Å². The fourth-order valence-corrected chi connectivity index (χ4v) is 2.50. The van der Waals surface area contributed by atoms with Crippen LogP contribution >= 0.6 is 0 Å². The topological polar surface area (TPSA) is 76.4 Å². The summed E-state index contributed by atoms with van der Waals surface area (Å²) < 4.78 is 10.4. The molecule has 1 aliphatic rings. The van der Waals surface area contributed by atoms with E-state index in [9.17, 15) is 9.59 Å². The van der Waals surface area contributed by atoms with Crippen molar-refractivity contribution in [3.63, 3.8) is 0 Å². The molecule has 0 saturated heterocycles. The molecule has 1 aromatic rings. The van der Waals surface area contributed by atoms with Crippen LogP contribution in [-0.4, -0.2) is 24.6 Å². The molecule has 110 valence electrons. The standard InChI is InChI=1S/C16H17NO4/c1-2-20-15(18)12-8-13(10-17)14(9-12)21-16(19)11-6-4-3-5-7-11/h3-7,12-14H,2,8-9H2,1H3. The molecular weight excluding hydrogens is 270 g/mol. The van der Waals surface area contributed by atoms with Gasteiger partial charge in [0.15, 0.2) is 0 Å². The minimum atomic E-state index is -0.558. The Morgan fingerprint density at radius 2 is 2.00 bits per heavy atom. The average molecular weight is 287 g/mol. The maximum absolute atomic E-state index is 12.0. The third-order valence-corrected chi connectivity index (χ3v) is 3.56. The van der Waals surface area contributed by atoms with Crippen LogP contribution in [-0.2, 0) is 14.3 Å². The van der Waals surface area contributed by atoms with Gasteiger partial charge in [0.05, 0.1) is 30.1 Å². The summed E-state index contributed by atoms with van der Waals surface area (Å²) in [5.41, 5.74) is 0.439. The van der Waals surface area contributed by atoms with E-state index in [0.29, 0.717) is 25.0 Å². The Morgan fingerprint density at radius 3 is 2.62 bits per heavy atom. The van der Waals surface area contributed by atoms with Crippen LogP contribution in [0.2, 0.25) is 0 Å². The monoisotopic (exact) mass is 287 g/mol. The summed E-state index contributed by atoms with van der Waals surface area (Å²) in [6.07, 6.45) is 0.162. The normalized spacial score (nSPS) is 24.1. The molecule has 1 fully saturated rings. The predicted molar refractivity (Wildman–Crippen MR) is 74.1 cm³/mol. The first-order chi connectivity index (χ1) is 10.2. The lowest BCUT2D eigenvalue weighted by Gasteiger charge is -2.14. The third kappa shape index (κ3) is 3.60. The minimum absolute atomic E-state index is 0.307. The highest BCUT2D eigenvalue weighted by molar-refractivity contribution is 5.89. The van der Waals surface area contributed by atoms with E-state index in [1.165, 1.54) is 0 Å². The average Bonchev–Trinajstić information content (AvgIpc) is 2.91. The van der Waals surface area contributed by atoms with Crippen molar-refractivity contribution >= 4 is 11.9 Å². The van der Waals surface area contributed by atoms with Gasteiger partial charge in [-0.1, -0.05) is 18.2 Å². The zero-order valence-electron chi connectivity index (χ0n) is 11.8. The molecule has 1 saturated carbocycles. The number of carbonyl (C=O) groups is 2. The molecule has 0 aliphatic heterocycles. The SMILES string of the molecule is CCOC(=O)C1CC(C#N)C(OC(=O)c2ccccc2)C1. The van der Waals surface area contributed by atoms with Gasteiger partial charge in [-0.15, -0.1) is 0 Å². The van der Waals surface area contributed by atoms with Crippen molar-refractivity contribution in [2.24, 2.45) is 11.8 Å². The van der Waals surface area contributed by atoms with Crippen molar-refractivity contribution in [2.75, 3.05) is 6.61 Å². The largest absolute Gasteiger partial charge is 0.466 e. The maximum atomic E-state index is 12.0. The number of ether oxygens (including phenoxy) is 2. The van der Waals surface area contributed by atoms with Crippen LogP contribution in [0.4, 0.5) is 0 Å². The lowest BCUT2D eigenvalue weighted by molar-refractivity contribution is -0.148. The van der Waals surface area contributed by atoms with Crippen molar-refractivity contribution in [1.82, 2.24) is 0 Å². The van der Waals surface area contributed by atoms with Crippen LogP contribution in [0.15, 0.2) is 30.3 Å². The van der Waals surface area contributed by atoms with Gasteiger partial charge < -0.3 is 9.47 Å². The number of nitriles is 1. The second-order valence-corrected chi connectivity index (χ2v) is 4.97. The van der Waals surface area contributed by atoms with Gasteiger partial charge in [-0.25, -0.2) is 4.79 Å². The zero-order valence-corrected chi connectivity index (χ0v) is 11.8. The Balaban J connectivity index is 2.01. The molecule has 0 aromatic heterocycles. The summed E-state index contributed by atoms with van der Waals surface area (Å²) in [6.45, 7) is 2.04. The number of esters is 2. The molecule has 0 N–H and O–H groups in total. The van der Waals surface area contributed by atoms with Crippen molar-refractivity contribution in [1.29, 1.82) is 5.26 Å². The molecule has 0 spiro atoms. The highest BCUT2D eigenvalue weighted by Gasteiger charge is 2.41. The molecular formula is C16H17NO4. The summed E-state index contributed by atoms with van der Waals surface area (Å²) in [5.74, 6) is -1.63. The molecule has 3 unspecified atom stereocenters. The minimum Gasteiger partial charge on any atom is -0.466 e. The molecule has 5 nitrogen and oxygen atoms in total. The number of hydrogen-bond donors (Lipinski definition) is 0. The number of carbonyl (C=O) groups excluding carboxylic acids is 2. The maximum Gasteiger partial charge on any atom is 0.338 e. The van der Waals surface area contributed by atoms with Crippen LogP contribution in [0.5, 0.6) is 0 Å². The van der Waals surface area contributed by atoms with Crippen molar-refractivity contribution in [3.8, 4) is 6.07 Å². The van der Waals surface area contributed by atoms with Crippen molar-refractivity contribution in [3.05, 3.63) is 35.9 Å². The van der Waals surface area contributed by atoms with Crippen molar-refractivity contribution in [2.45, 2.75) is 25.9 Å². The van der Waals surface area contributed by atoms with E-state index in [-0.39, 0.29) is 11.9 Å². The van der Waals surface area contributed by atoms with Gasteiger partial charge in [-0.05, 0) is 31.9 Å². The van der Waals surface area contributed by atoms with E-state index in [2.05, 4.69) is 6.07 Å². The van der Waals surface area contributed by atoms with Gasteiger partial charge in [0.25, 0.3) is 0 Å². The first kappa shape index (κ1) is 15.0. The molecule has 0 amide bonds. The molecule has 1 aliphatic carbocycles. The van der Waals surface area contributed by atoms with Crippen LogP contribution in [0.3, 0.4) is 0 Å². The Kier molecular flexibility index (Phi) is 4.94. The van der Waals surface area contributed by atoms with Gasteiger partial charge in [-0.3, -0.25) is 4.79 Å². The first-order valence-electron chi connectivity index (χ1n) is 6.98. The van der Waals surface area contributed by atoms with Crippen molar-refractivity contribution < 1.29 is 19.1 Å². The second kappa shape index (κ2) is 6.89. The molecule has 2 rings (SSSR count). The molecule has 1 aromatic carbocycles. The lowest BCUT2D eigenvalue weighted by Crippen LogP contribution is -2.22. The molecule has 0 heterocycles. The summed E-state index contributed by atoms with van der Waals surface area (Å²) >= 11 is 0. The van der Waals surface area contributed by atoms with Gasteiger partial charge >= 0.3 is 11.9 Å². The zero-order chi connectivity index (χ0) is 15.2. The fourth-order valence-electron chi connectivity index (χ4n) is 2.50.